The fourth-order valence-corrected chi connectivity index (χ4v) is 3.63. The van der Waals surface area contributed by atoms with Gasteiger partial charge >= 0.3 is 6.16 Å². The lowest BCUT2D eigenvalue weighted by Crippen LogP contribution is -2.54. The van der Waals surface area contributed by atoms with E-state index in [2.05, 4.69) is 32.1 Å². The fraction of sp³-hybridized carbons (Fsp3) is 0.522. The van der Waals surface area contributed by atoms with Crippen LogP contribution in [0.15, 0.2) is 24.3 Å². The Morgan fingerprint density at radius 1 is 0.971 bits per heavy atom. The Balaban J connectivity index is 0.000000252. The summed E-state index contributed by atoms with van der Waals surface area (Å²) in [7, 11) is 0. The number of benzene rings is 1. The molecule has 0 radical (unpaired) electrons. The van der Waals surface area contributed by atoms with Crippen molar-refractivity contribution in [3.8, 4) is 0 Å². The number of nitrogens with one attached hydrogen (secondary N) is 1. The van der Waals surface area contributed by atoms with E-state index in [1.807, 2.05) is 0 Å². The Labute approximate surface area is 202 Å². The molecule has 2 N–H and O–H groups in total. The summed E-state index contributed by atoms with van der Waals surface area (Å²) in [4.78, 5) is 66.0. The predicted octanol–water partition coefficient (Wildman–Crippen LogP) is 3.31. The molecule has 2 heterocycles. The van der Waals surface area contributed by atoms with Gasteiger partial charge in [-0.25, -0.2) is 14.6 Å². The largest absolute Gasteiger partial charge is 0.540 e. The maximum atomic E-state index is 12.2. The molecular formula is C23H30N2O10. The number of hydrogen-bond acceptors (Lipinski definition) is 9. The van der Waals surface area contributed by atoms with Crippen LogP contribution in [0.1, 0.15) is 85.4 Å². The van der Waals surface area contributed by atoms with Crippen LogP contribution in [-0.2, 0) is 29.4 Å². The first-order valence-electron chi connectivity index (χ1n) is 11.5. The second kappa shape index (κ2) is 14.8. The van der Waals surface area contributed by atoms with E-state index in [9.17, 15) is 24.0 Å². The molecule has 1 aromatic rings. The third-order valence-electron chi connectivity index (χ3n) is 5.36. The minimum Gasteiger partial charge on any atom is -0.448 e. The van der Waals surface area contributed by atoms with Gasteiger partial charge in [-0.15, -0.1) is 0 Å². The highest BCUT2D eigenvalue weighted by Crippen LogP contribution is 2.27. The van der Waals surface area contributed by atoms with Crippen molar-refractivity contribution in [1.82, 2.24) is 10.2 Å². The Bertz CT molecular complexity index is 869. The number of fused-ring (bicyclic) bond motifs is 1. The van der Waals surface area contributed by atoms with Crippen LogP contribution < -0.4 is 5.32 Å². The van der Waals surface area contributed by atoms with E-state index in [1.54, 1.807) is 24.3 Å². The van der Waals surface area contributed by atoms with Crippen LogP contribution in [0.3, 0.4) is 0 Å². The van der Waals surface area contributed by atoms with Gasteiger partial charge in [0, 0.05) is 11.5 Å². The third kappa shape index (κ3) is 8.74. The summed E-state index contributed by atoms with van der Waals surface area (Å²) in [6.45, 7) is 2.54. The van der Waals surface area contributed by atoms with Crippen LogP contribution in [0.2, 0.25) is 0 Å². The summed E-state index contributed by atoms with van der Waals surface area (Å²) in [5, 5.41) is 17.8. The molecule has 4 amide bonds. The molecule has 0 saturated carbocycles. The third-order valence-corrected chi connectivity index (χ3v) is 5.36. The van der Waals surface area contributed by atoms with E-state index in [4.69, 9.17) is 5.11 Å². The van der Waals surface area contributed by atoms with Crippen LogP contribution in [0.4, 0.5) is 4.79 Å². The summed E-state index contributed by atoms with van der Waals surface area (Å²) in [6, 6.07) is 5.55. The van der Waals surface area contributed by atoms with Crippen molar-refractivity contribution in [3.05, 3.63) is 35.4 Å². The van der Waals surface area contributed by atoms with E-state index < -0.39 is 29.9 Å². The smallest absolute Gasteiger partial charge is 0.448 e. The Hall–Kier alpha value is -3.35. The van der Waals surface area contributed by atoms with Crippen LogP contribution >= 0.6 is 0 Å². The number of amides is 4. The minimum absolute atomic E-state index is 0.129. The molecule has 0 aromatic heterocycles. The van der Waals surface area contributed by atoms with E-state index in [0.717, 1.165) is 17.7 Å². The molecule has 12 nitrogen and oxygen atoms in total. The van der Waals surface area contributed by atoms with Gasteiger partial charge in [-0.2, -0.15) is 0 Å². The number of carboxylic acid groups (broad SMARTS) is 1. The second-order valence-electron chi connectivity index (χ2n) is 7.92. The normalized spacial score (nSPS) is 16.9. The van der Waals surface area contributed by atoms with Crippen molar-refractivity contribution in [1.29, 1.82) is 0 Å². The van der Waals surface area contributed by atoms with Gasteiger partial charge in [0.1, 0.15) is 6.04 Å². The summed E-state index contributed by atoms with van der Waals surface area (Å²) >= 11 is 0. The Kier molecular flexibility index (Phi) is 11.8. The van der Waals surface area contributed by atoms with E-state index in [0.29, 0.717) is 17.7 Å². The first-order chi connectivity index (χ1) is 16.9. The van der Waals surface area contributed by atoms with E-state index in [1.165, 1.54) is 32.1 Å². The molecular weight excluding hydrogens is 464 g/mol. The molecule has 1 fully saturated rings. The lowest BCUT2D eigenvalue weighted by molar-refractivity contribution is -0.618. The summed E-state index contributed by atoms with van der Waals surface area (Å²) in [6.07, 6.45) is 6.87. The summed E-state index contributed by atoms with van der Waals surface area (Å²) in [5.74, 6) is -1.92. The summed E-state index contributed by atoms with van der Waals surface area (Å²) in [5.41, 5.74) is 0.606. The van der Waals surface area contributed by atoms with Crippen LogP contribution in [0.5, 0.6) is 0 Å². The molecule has 0 aliphatic carbocycles. The molecule has 2 aliphatic rings. The number of carbonyl (C=O) groups is 5. The molecule has 1 saturated heterocycles. The van der Waals surface area contributed by atoms with Gasteiger partial charge in [0.25, 0.3) is 11.8 Å². The highest BCUT2D eigenvalue weighted by Gasteiger charge is 2.44. The molecule has 12 heteroatoms. The highest BCUT2D eigenvalue weighted by molar-refractivity contribution is 6.23. The molecule has 3 rings (SSSR count). The van der Waals surface area contributed by atoms with Crippen molar-refractivity contribution in [3.63, 3.8) is 0 Å². The maximum Gasteiger partial charge on any atom is 0.540 e. The average Bonchev–Trinajstić information content (AvgIpc) is 3.08. The number of imide groups is 2. The van der Waals surface area contributed by atoms with Gasteiger partial charge in [-0.05, 0) is 30.0 Å². The average molecular weight is 494 g/mol. The first-order valence-corrected chi connectivity index (χ1v) is 11.5. The van der Waals surface area contributed by atoms with Gasteiger partial charge in [0.05, 0.1) is 17.7 Å². The Morgan fingerprint density at radius 3 is 2.14 bits per heavy atom. The molecule has 1 unspecified atom stereocenters. The maximum absolute atomic E-state index is 12.2. The van der Waals surface area contributed by atoms with E-state index in [-0.39, 0.29) is 18.7 Å². The predicted molar refractivity (Wildman–Crippen MR) is 118 cm³/mol. The molecule has 2 aliphatic heterocycles. The van der Waals surface area contributed by atoms with E-state index >= 15 is 0 Å². The van der Waals surface area contributed by atoms with Gasteiger partial charge in [0.2, 0.25) is 11.8 Å². The van der Waals surface area contributed by atoms with Crippen LogP contribution in [0.25, 0.3) is 0 Å². The lowest BCUT2D eigenvalue weighted by Gasteiger charge is -2.27. The number of nitrogens with zero attached hydrogens (tertiary/aromatic N) is 1. The summed E-state index contributed by atoms with van der Waals surface area (Å²) < 4.78 is 0. The van der Waals surface area contributed by atoms with Gasteiger partial charge in [-0.3, -0.25) is 29.4 Å². The zero-order valence-electron chi connectivity index (χ0n) is 19.5. The zero-order chi connectivity index (χ0) is 25.6. The van der Waals surface area contributed by atoms with Crippen molar-refractivity contribution in [2.45, 2.75) is 70.8 Å². The molecule has 0 spiro atoms. The highest BCUT2D eigenvalue weighted by atomic mass is 17.7. The van der Waals surface area contributed by atoms with Gasteiger partial charge in [0.15, 0.2) is 0 Å². The second-order valence-corrected chi connectivity index (χ2v) is 7.92. The molecule has 35 heavy (non-hydrogen) atoms. The van der Waals surface area contributed by atoms with Crippen molar-refractivity contribution in [2.24, 2.45) is 0 Å². The monoisotopic (exact) mass is 494 g/mol. The van der Waals surface area contributed by atoms with Crippen molar-refractivity contribution >= 4 is 29.8 Å². The topological polar surface area (TPSA) is 158 Å². The Morgan fingerprint density at radius 2 is 1.57 bits per heavy atom. The molecule has 192 valence electrons. The quantitative estimate of drug-likeness (QED) is 0.191. The minimum atomic E-state index is -1.58. The fourth-order valence-electron chi connectivity index (χ4n) is 3.63. The van der Waals surface area contributed by atoms with Crippen molar-refractivity contribution in [2.75, 3.05) is 6.61 Å². The number of rotatable bonds is 12. The standard InChI is InChI=1S/C13H10N2O4.C10H20O6/c16-10-6-5-9(11(17)14-10)15-12(18)7-3-1-2-4-8(7)13(15)19;1-2-3-4-5-6-7-8-9-13-15-16-14-10(11)12/h1-4,9H,5-6H2,(H,14,16,17);2-9H2,1H3,(H,11,12). The zero-order valence-corrected chi connectivity index (χ0v) is 19.5. The molecule has 0 bridgehead atoms. The lowest BCUT2D eigenvalue weighted by atomic mass is 10.0. The van der Waals surface area contributed by atoms with Gasteiger partial charge < -0.3 is 5.11 Å². The van der Waals surface area contributed by atoms with Gasteiger partial charge in [-0.1, -0.05) is 57.6 Å². The number of hydrogen-bond donors (Lipinski definition) is 2. The first kappa shape index (κ1) is 27.9. The molecule has 1 aromatic carbocycles. The number of carbonyl (C=O) groups excluding carboxylic acids is 4. The van der Waals surface area contributed by atoms with Crippen LogP contribution in [-0.4, -0.2) is 52.4 Å². The SMILES string of the molecule is CCCCCCCCCOOOOC(=O)O.O=C1CCC(N2C(=O)c3ccccc3C2=O)C(=O)N1. The number of piperidine rings is 1. The van der Waals surface area contributed by atoms with Crippen LogP contribution in [0, 0.1) is 0 Å². The molecule has 1 atom stereocenters. The number of unbranched alkanes of at least 4 members (excludes halogenated alkanes) is 6. The van der Waals surface area contributed by atoms with Crippen molar-refractivity contribution < 1.29 is 48.9 Å².